The summed E-state index contributed by atoms with van der Waals surface area (Å²) in [4.78, 5) is 16.3. The molecular formula is C20H26FN3O2. The Kier molecular flexibility index (Phi) is 7.38. The largest absolute Gasteiger partial charge is 0.491 e. The van der Waals surface area contributed by atoms with E-state index in [1.807, 2.05) is 0 Å². The minimum Gasteiger partial charge on any atom is -0.491 e. The number of benzene rings is 1. The number of aromatic nitrogens is 1. The van der Waals surface area contributed by atoms with Crippen LogP contribution in [0.4, 0.5) is 10.2 Å². The van der Waals surface area contributed by atoms with Crippen molar-refractivity contribution in [3.63, 3.8) is 0 Å². The van der Waals surface area contributed by atoms with Crippen molar-refractivity contribution in [2.75, 3.05) is 12.3 Å². The summed E-state index contributed by atoms with van der Waals surface area (Å²) in [6.07, 6.45) is 4.26. The molecule has 0 fully saturated rings. The number of aryl methyl sites for hydroxylation is 1. The Balaban J connectivity index is 1.94. The molecule has 5 nitrogen and oxygen atoms in total. The second-order valence-corrected chi connectivity index (χ2v) is 6.21. The number of rotatable bonds is 9. The molecule has 1 aromatic carbocycles. The molecule has 3 N–H and O–H groups in total. The number of nitrogens with two attached hydrogens (primary N) is 1. The zero-order valence-corrected chi connectivity index (χ0v) is 15.3. The van der Waals surface area contributed by atoms with E-state index in [4.69, 9.17) is 10.5 Å². The van der Waals surface area contributed by atoms with E-state index in [9.17, 15) is 9.18 Å². The summed E-state index contributed by atoms with van der Waals surface area (Å²) in [6.45, 7) is 4.46. The highest BCUT2D eigenvalue weighted by Gasteiger charge is 2.13. The average molecular weight is 359 g/mol. The van der Waals surface area contributed by atoms with Crippen LogP contribution in [0.5, 0.6) is 5.75 Å². The van der Waals surface area contributed by atoms with E-state index < -0.39 is 5.82 Å². The summed E-state index contributed by atoms with van der Waals surface area (Å²) < 4.78 is 20.0. The molecule has 1 aromatic heterocycles. The van der Waals surface area contributed by atoms with Crippen molar-refractivity contribution in [3.05, 3.63) is 53.0 Å². The highest BCUT2D eigenvalue weighted by atomic mass is 19.1. The van der Waals surface area contributed by atoms with Gasteiger partial charge in [0.05, 0.1) is 12.2 Å². The molecule has 0 aliphatic rings. The molecule has 0 atom stereocenters. The van der Waals surface area contributed by atoms with Gasteiger partial charge >= 0.3 is 0 Å². The number of halogens is 1. The maximum Gasteiger partial charge on any atom is 0.255 e. The minimum atomic E-state index is -0.446. The van der Waals surface area contributed by atoms with Crippen LogP contribution in [0, 0.1) is 12.7 Å². The Bertz CT molecular complexity index is 750. The Morgan fingerprint density at radius 1 is 1.23 bits per heavy atom. The second-order valence-electron chi connectivity index (χ2n) is 6.21. The van der Waals surface area contributed by atoms with Crippen LogP contribution >= 0.6 is 0 Å². The zero-order valence-electron chi connectivity index (χ0n) is 15.3. The fourth-order valence-corrected chi connectivity index (χ4v) is 2.55. The summed E-state index contributed by atoms with van der Waals surface area (Å²) in [6, 6.07) is 8.25. The Labute approximate surface area is 153 Å². The molecule has 6 heteroatoms. The molecule has 0 aliphatic carbocycles. The summed E-state index contributed by atoms with van der Waals surface area (Å²) in [5.41, 5.74) is 7.14. The van der Waals surface area contributed by atoms with Crippen LogP contribution in [0.15, 0.2) is 30.3 Å². The average Bonchev–Trinajstić information content (AvgIpc) is 2.61. The first-order valence-corrected chi connectivity index (χ1v) is 8.94. The molecule has 26 heavy (non-hydrogen) atoms. The zero-order chi connectivity index (χ0) is 18.9. The monoisotopic (exact) mass is 359 g/mol. The van der Waals surface area contributed by atoms with Gasteiger partial charge in [-0.1, -0.05) is 38.3 Å². The second kappa shape index (κ2) is 9.75. The molecule has 0 bridgehead atoms. The lowest BCUT2D eigenvalue weighted by Gasteiger charge is -2.11. The third-order valence-electron chi connectivity index (χ3n) is 4.05. The third kappa shape index (κ3) is 5.44. The number of nitrogens with one attached hydrogen (secondary N) is 1. The van der Waals surface area contributed by atoms with Crippen molar-refractivity contribution < 1.29 is 13.9 Å². The van der Waals surface area contributed by atoms with Gasteiger partial charge in [-0.2, -0.15) is 0 Å². The Hall–Kier alpha value is -2.63. The number of hydrogen-bond acceptors (Lipinski definition) is 4. The van der Waals surface area contributed by atoms with Crippen molar-refractivity contribution in [1.82, 2.24) is 10.3 Å². The molecule has 0 saturated heterocycles. The van der Waals surface area contributed by atoms with Crippen molar-refractivity contribution in [3.8, 4) is 5.75 Å². The number of nitrogens with zero attached hydrogens (tertiary/aromatic N) is 1. The number of nitrogen functional groups attached to an aromatic ring is 1. The molecule has 0 spiro atoms. The topological polar surface area (TPSA) is 77.2 Å². The molecule has 1 heterocycles. The fraction of sp³-hybridized carbons (Fsp3) is 0.400. The van der Waals surface area contributed by atoms with E-state index in [-0.39, 0.29) is 29.6 Å². The molecule has 2 aromatic rings. The molecule has 0 aliphatic heterocycles. The molecular weight excluding hydrogens is 333 g/mol. The fourth-order valence-electron chi connectivity index (χ4n) is 2.55. The number of anilines is 1. The first-order valence-electron chi connectivity index (χ1n) is 8.94. The lowest BCUT2D eigenvalue weighted by Crippen LogP contribution is -2.24. The van der Waals surface area contributed by atoms with Crippen LogP contribution in [0.2, 0.25) is 0 Å². The van der Waals surface area contributed by atoms with Crippen LogP contribution < -0.4 is 15.8 Å². The molecule has 140 valence electrons. The number of amides is 1. The lowest BCUT2D eigenvalue weighted by molar-refractivity contribution is 0.0951. The molecule has 0 unspecified atom stereocenters. The van der Waals surface area contributed by atoms with Crippen molar-refractivity contribution in [2.45, 2.75) is 46.1 Å². The summed E-state index contributed by atoms with van der Waals surface area (Å²) in [7, 11) is 0. The number of hydrogen-bond donors (Lipinski definition) is 2. The predicted molar refractivity (Wildman–Crippen MR) is 101 cm³/mol. The maximum atomic E-state index is 14.5. The molecule has 1 amide bonds. The standard InChI is InChI=1S/C20H26FN3O2/c1-3-4-5-6-12-26-17-9-7-8-15(18(17)21)13-23-20(25)16-11-10-14(2)24-19(16)22/h7-11H,3-6,12-13H2,1-2H3,(H2,22,24)(H,23,25). The lowest BCUT2D eigenvalue weighted by atomic mass is 10.1. The normalized spacial score (nSPS) is 10.6. The van der Waals surface area contributed by atoms with Crippen molar-refractivity contribution >= 4 is 11.7 Å². The van der Waals surface area contributed by atoms with Gasteiger partial charge in [-0.15, -0.1) is 0 Å². The number of carbonyl (C=O) groups excluding carboxylic acids is 1. The highest BCUT2D eigenvalue weighted by Crippen LogP contribution is 2.21. The van der Waals surface area contributed by atoms with E-state index in [1.165, 1.54) is 0 Å². The van der Waals surface area contributed by atoms with E-state index in [0.717, 1.165) is 31.4 Å². The van der Waals surface area contributed by atoms with E-state index in [0.29, 0.717) is 12.2 Å². The first kappa shape index (κ1) is 19.7. The van der Waals surface area contributed by atoms with Crippen LogP contribution in [-0.2, 0) is 6.54 Å². The smallest absolute Gasteiger partial charge is 0.255 e. The number of carbonyl (C=O) groups is 1. The summed E-state index contributed by atoms with van der Waals surface area (Å²) in [5, 5.41) is 2.67. The van der Waals surface area contributed by atoms with Crippen molar-refractivity contribution in [1.29, 1.82) is 0 Å². The number of unbranched alkanes of at least 4 members (excludes halogenated alkanes) is 3. The Morgan fingerprint density at radius 2 is 2.04 bits per heavy atom. The highest BCUT2D eigenvalue weighted by molar-refractivity contribution is 5.98. The number of ether oxygens (including phenoxy) is 1. The summed E-state index contributed by atoms with van der Waals surface area (Å²) >= 11 is 0. The molecule has 2 rings (SSSR count). The van der Waals surface area contributed by atoms with Crippen LogP contribution in [0.25, 0.3) is 0 Å². The predicted octanol–water partition coefficient (Wildman–Crippen LogP) is 4.00. The van der Waals surface area contributed by atoms with E-state index >= 15 is 0 Å². The van der Waals surface area contributed by atoms with Gasteiger partial charge in [0.25, 0.3) is 5.91 Å². The van der Waals surface area contributed by atoms with E-state index in [1.54, 1.807) is 37.3 Å². The summed E-state index contributed by atoms with van der Waals surface area (Å²) in [5.74, 6) is -0.463. The third-order valence-corrected chi connectivity index (χ3v) is 4.05. The van der Waals surface area contributed by atoms with Crippen molar-refractivity contribution in [2.24, 2.45) is 0 Å². The van der Waals surface area contributed by atoms with Crippen LogP contribution in [-0.4, -0.2) is 17.5 Å². The molecule has 0 saturated carbocycles. The van der Waals surface area contributed by atoms with Gasteiger partial charge in [0.15, 0.2) is 11.6 Å². The minimum absolute atomic E-state index is 0.0466. The number of pyridine rings is 1. The SMILES string of the molecule is CCCCCCOc1cccc(CNC(=O)c2ccc(C)nc2N)c1F. The quantitative estimate of drug-likeness (QED) is 0.664. The first-order chi connectivity index (χ1) is 12.5. The van der Waals surface area contributed by atoms with Gasteiger partial charge < -0.3 is 15.8 Å². The van der Waals surface area contributed by atoms with Gasteiger partial charge in [-0.05, 0) is 31.5 Å². The molecule has 0 radical (unpaired) electrons. The van der Waals surface area contributed by atoms with Gasteiger partial charge in [0.1, 0.15) is 5.82 Å². The van der Waals surface area contributed by atoms with Crippen LogP contribution in [0.3, 0.4) is 0 Å². The Morgan fingerprint density at radius 3 is 2.77 bits per heavy atom. The van der Waals surface area contributed by atoms with E-state index in [2.05, 4.69) is 17.2 Å². The van der Waals surface area contributed by atoms with Gasteiger partial charge in [-0.3, -0.25) is 4.79 Å². The maximum absolute atomic E-state index is 14.5. The van der Waals surface area contributed by atoms with Gasteiger partial charge in [0, 0.05) is 17.8 Å². The van der Waals surface area contributed by atoms with Crippen LogP contribution in [0.1, 0.15) is 54.2 Å². The van der Waals surface area contributed by atoms with Gasteiger partial charge in [0.2, 0.25) is 0 Å². The van der Waals surface area contributed by atoms with Gasteiger partial charge in [-0.25, -0.2) is 9.37 Å².